The Labute approximate surface area is 152 Å². The van der Waals surface area contributed by atoms with E-state index < -0.39 is 0 Å². The van der Waals surface area contributed by atoms with Crippen molar-refractivity contribution in [3.63, 3.8) is 0 Å². The molecule has 0 aliphatic rings. The predicted molar refractivity (Wildman–Crippen MR) is 101 cm³/mol. The van der Waals surface area contributed by atoms with Crippen LogP contribution in [-0.4, -0.2) is 31.4 Å². The highest BCUT2D eigenvalue weighted by Gasteiger charge is 2.09. The number of carbonyl (C=O) groups excluding carboxylic acids is 3. The molecule has 0 atom stereocenters. The summed E-state index contributed by atoms with van der Waals surface area (Å²) in [7, 11) is 1.51. The third-order valence-electron chi connectivity index (χ3n) is 3.81. The van der Waals surface area contributed by atoms with Gasteiger partial charge in [-0.3, -0.25) is 9.59 Å². The second-order valence-electron chi connectivity index (χ2n) is 5.81. The first-order valence-corrected chi connectivity index (χ1v) is 8.13. The van der Waals surface area contributed by atoms with Gasteiger partial charge in [0.15, 0.2) is 0 Å². The molecule has 136 valence electrons. The van der Waals surface area contributed by atoms with Gasteiger partial charge in [0.2, 0.25) is 5.91 Å². The first-order chi connectivity index (χ1) is 12.4. The fourth-order valence-electron chi connectivity index (χ4n) is 2.22. The van der Waals surface area contributed by atoms with Gasteiger partial charge < -0.3 is 21.3 Å². The first-order valence-electron chi connectivity index (χ1n) is 8.13. The molecule has 2 aromatic carbocycles. The normalized spacial score (nSPS) is 9.96. The Morgan fingerprint density at radius 3 is 2.23 bits per heavy atom. The van der Waals surface area contributed by atoms with Crippen molar-refractivity contribution in [2.75, 3.05) is 24.2 Å². The zero-order valence-corrected chi connectivity index (χ0v) is 15.0. The highest BCUT2D eigenvalue weighted by molar-refractivity contribution is 5.99. The topological polar surface area (TPSA) is 99.3 Å². The average molecular weight is 354 g/mol. The number of hydrogen-bond acceptors (Lipinski definition) is 3. The van der Waals surface area contributed by atoms with Crippen molar-refractivity contribution in [2.45, 2.75) is 13.8 Å². The van der Waals surface area contributed by atoms with E-state index in [1.54, 1.807) is 36.4 Å². The summed E-state index contributed by atoms with van der Waals surface area (Å²) >= 11 is 0. The second-order valence-corrected chi connectivity index (χ2v) is 5.81. The minimum atomic E-state index is -0.362. The number of aryl methyl sites for hydroxylation is 2. The fourth-order valence-corrected chi connectivity index (χ4v) is 2.22. The van der Waals surface area contributed by atoms with Crippen molar-refractivity contribution >= 4 is 29.2 Å². The minimum absolute atomic E-state index is 0.154. The van der Waals surface area contributed by atoms with Gasteiger partial charge in [-0.1, -0.05) is 12.1 Å². The number of nitrogens with one attached hydrogen (secondary N) is 4. The van der Waals surface area contributed by atoms with E-state index in [2.05, 4.69) is 21.3 Å². The summed E-state index contributed by atoms with van der Waals surface area (Å²) in [4.78, 5) is 35.5. The summed E-state index contributed by atoms with van der Waals surface area (Å²) < 4.78 is 0. The van der Waals surface area contributed by atoms with Crippen LogP contribution in [0.1, 0.15) is 21.5 Å². The Hall–Kier alpha value is -3.35. The molecule has 0 bridgehead atoms. The van der Waals surface area contributed by atoms with Crippen LogP contribution in [0.25, 0.3) is 0 Å². The number of anilines is 2. The molecule has 7 nitrogen and oxygen atoms in total. The number of carbonyl (C=O) groups is 3. The molecular weight excluding hydrogens is 332 g/mol. The van der Waals surface area contributed by atoms with Crippen LogP contribution in [0, 0.1) is 13.8 Å². The van der Waals surface area contributed by atoms with E-state index in [0.717, 1.165) is 11.1 Å². The van der Waals surface area contributed by atoms with Crippen molar-refractivity contribution in [3.8, 4) is 0 Å². The molecule has 0 aliphatic heterocycles. The second kappa shape index (κ2) is 8.66. The van der Waals surface area contributed by atoms with Crippen LogP contribution in [0.15, 0.2) is 42.5 Å². The summed E-state index contributed by atoms with van der Waals surface area (Å²) in [5.41, 5.74) is 3.69. The molecular formula is C19H22N4O3. The van der Waals surface area contributed by atoms with Crippen molar-refractivity contribution < 1.29 is 14.4 Å². The van der Waals surface area contributed by atoms with Crippen molar-refractivity contribution in [1.29, 1.82) is 0 Å². The number of amides is 4. The SMILES string of the molecule is CNC(=O)Nc1cccc(NC(=O)CNC(=O)c2ccc(C)c(C)c2)c1. The van der Waals surface area contributed by atoms with E-state index in [4.69, 9.17) is 0 Å². The quantitative estimate of drug-likeness (QED) is 0.663. The summed E-state index contributed by atoms with van der Waals surface area (Å²) in [6.07, 6.45) is 0. The zero-order chi connectivity index (χ0) is 19.1. The Balaban J connectivity index is 1.90. The molecule has 0 unspecified atom stereocenters. The molecule has 0 heterocycles. The summed E-state index contributed by atoms with van der Waals surface area (Å²) in [6.45, 7) is 3.75. The average Bonchev–Trinajstić information content (AvgIpc) is 2.62. The molecule has 2 rings (SSSR count). The molecule has 0 aromatic heterocycles. The fraction of sp³-hybridized carbons (Fsp3) is 0.211. The maximum atomic E-state index is 12.1. The van der Waals surface area contributed by atoms with Gasteiger partial charge in [-0.2, -0.15) is 0 Å². The Bertz CT molecular complexity index is 833. The molecule has 4 N–H and O–H groups in total. The lowest BCUT2D eigenvalue weighted by Crippen LogP contribution is -2.32. The number of rotatable bonds is 5. The molecule has 7 heteroatoms. The number of hydrogen-bond donors (Lipinski definition) is 4. The van der Waals surface area contributed by atoms with Crippen molar-refractivity contribution in [1.82, 2.24) is 10.6 Å². The maximum absolute atomic E-state index is 12.1. The third kappa shape index (κ3) is 5.34. The van der Waals surface area contributed by atoms with Crippen LogP contribution in [0.3, 0.4) is 0 Å². The van der Waals surface area contributed by atoms with Gasteiger partial charge in [0.25, 0.3) is 5.91 Å². The molecule has 0 spiro atoms. The van der Waals surface area contributed by atoms with Gasteiger partial charge in [-0.05, 0) is 55.3 Å². The maximum Gasteiger partial charge on any atom is 0.318 e. The van der Waals surface area contributed by atoms with Crippen LogP contribution in [0.2, 0.25) is 0 Å². The predicted octanol–water partition coefficient (Wildman–Crippen LogP) is 2.42. The van der Waals surface area contributed by atoms with Gasteiger partial charge in [0.05, 0.1) is 6.54 Å². The zero-order valence-electron chi connectivity index (χ0n) is 15.0. The van der Waals surface area contributed by atoms with E-state index in [1.165, 1.54) is 7.05 Å². The largest absolute Gasteiger partial charge is 0.343 e. The first kappa shape index (κ1) is 19.0. The van der Waals surface area contributed by atoms with E-state index in [1.807, 2.05) is 19.9 Å². The van der Waals surface area contributed by atoms with Crippen LogP contribution < -0.4 is 21.3 Å². The van der Waals surface area contributed by atoms with E-state index in [-0.39, 0.29) is 24.4 Å². The molecule has 0 saturated heterocycles. The summed E-state index contributed by atoms with van der Waals surface area (Å²) in [6, 6.07) is 11.8. The highest BCUT2D eigenvalue weighted by atomic mass is 16.2. The number of urea groups is 1. The van der Waals surface area contributed by atoms with E-state index in [9.17, 15) is 14.4 Å². The lowest BCUT2D eigenvalue weighted by Gasteiger charge is -2.10. The van der Waals surface area contributed by atoms with Gasteiger partial charge in [-0.15, -0.1) is 0 Å². The molecule has 2 aromatic rings. The van der Waals surface area contributed by atoms with Crippen molar-refractivity contribution in [2.24, 2.45) is 0 Å². The number of benzene rings is 2. The van der Waals surface area contributed by atoms with Crippen LogP contribution >= 0.6 is 0 Å². The van der Waals surface area contributed by atoms with E-state index >= 15 is 0 Å². The molecule has 0 aliphatic carbocycles. The van der Waals surface area contributed by atoms with Gasteiger partial charge in [-0.25, -0.2) is 4.79 Å². The van der Waals surface area contributed by atoms with Gasteiger partial charge in [0, 0.05) is 24.0 Å². The third-order valence-corrected chi connectivity index (χ3v) is 3.81. The Morgan fingerprint density at radius 2 is 1.58 bits per heavy atom. The van der Waals surface area contributed by atoms with Crippen molar-refractivity contribution in [3.05, 3.63) is 59.2 Å². The Kier molecular flexibility index (Phi) is 6.32. The van der Waals surface area contributed by atoms with Crippen LogP contribution in [-0.2, 0) is 4.79 Å². The Morgan fingerprint density at radius 1 is 0.885 bits per heavy atom. The summed E-state index contributed by atoms with van der Waals surface area (Å²) in [5, 5.41) is 10.3. The summed E-state index contributed by atoms with van der Waals surface area (Å²) in [5.74, 6) is -0.669. The smallest absolute Gasteiger partial charge is 0.318 e. The minimum Gasteiger partial charge on any atom is -0.343 e. The highest BCUT2D eigenvalue weighted by Crippen LogP contribution is 2.15. The molecule has 0 radical (unpaired) electrons. The molecule has 4 amide bonds. The van der Waals surface area contributed by atoms with E-state index in [0.29, 0.717) is 16.9 Å². The standard InChI is InChI=1S/C19H22N4O3/c1-12-7-8-14(9-13(12)2)18(25)21-11-17(24)22-15-5-4-6-16(10-15)23-19(26)20-3/h4-10H,11H2,1-3H3,(H,21,25)(H,22,24)(H2,20,23,26). The van der Waals surface area contributed by atoms with Gasteiger partial charge >= 0.3 is 6.03 Å². The van der Waals surface area contributed by atoms with Gasteiger partial charge in [0.1, 0.15) is 0 Å². The van der Waals surface area contributed by atoms with Crippen LogP contribution in [0.5, 0.6) is 0 Å². The van der Waals surface area contributed by atoms with Crippen LogP contribution in [0.4, 0.5) is 16.2 Å². The lowest BCUT2D eigenvalue weighted by molar-refractivity contribution is -0.115. The molecule has 26 heavy (non-hydrogen) atoms. The lowest BCUT2D eigenvalue weighted by atomic mass is 10.1. The monoisotopic (exact) mass is 354 g/mol. The molecule has 0 saturated carbocycles. The molecule has 0 fully saturated rings.